The first-order chi connectivity index (χ1) is 9.70. The molecule has 0 bridgehead atoms. The lowest BCUT2D eigenvalue weighted by Gasteiger charge is -2.30. The van der Waals surface area contributed by atoms with Crippen molar-refractivity contribution in [3.05, 3.63) is 24.5 Å². The van der Waals surface area contributed by atoms with E-state index in [1.54, 1.807) is 4.90 Å². The average Bonchev–Trinajstić information content (AvgIpc) is 2.97. The van der Waals surface area contributed by atoms with Crippen LogP contribution in [0.15, 0.2) is 24.5 Å². The Morgan fingerprint density at radius 2 is 2.30 bits per heavy atom. The number of esters is 1. The molecule has 0 radical (unpaired) electrons. The van der Waals surface area contributed by atoms with Gasteiger partial charge in [0.25, 0.3) is 0 Å². The lowest BCUT2D eigenvalue weighted by Crippen LogP contribution is -2.43. The molecule has 5 nitrogen and oxygen atoms in total. The first kappa shape index (κ1) is 14.6. The summed E-state index contributed by atoms with van der Waals surface area (Å²) in [5.41, 5.74) is 0. The summed E-state index contributed by atoms with van der Waals surface area (Å²) in [5, 5.41) is 0. The molecule has 1 aliphatic heterocycles. The Balaban J connectivity index is 1.84. The minimum absolute atomic E-state index is 0.192. The molecule has 0 spiro atoms. The lowest BCUT2D eigenvalue weighted by atomic mass is 9.98. The van der Waals surface area contributed by atoms with Gasteiger partial charge in [-0.25, -0.2) is 4.79 Å². The molecule has 0 aromatic heterocycles. The molecular weight excluding hydrogens is 258 g/mol. The van der Waals surface area contributed by atoms with Crippen molar-refractivity contribution in [2.75, 3.05) is 19.7 Å². The highest BCUT2D eigenvalue weighted by atomic mass is 16.6. The Morgan fingerprint density at radius 1 is 1.45 bits per heavy atom. The van der Waals surface area contributed by atoms with E-state index < -0.39 is 0 Å². The third kappa shape index (κ3) is 3.85. The smallest absolute Gasteiger partial charge is 0.410 e. The number of carbonyl (C=O) groups excluding carboxylic acids is 2. The number of hydrogen-bond donors (Lipinski definition) is 0. The van der Waals surface area contributed by atoms with Crippen molar-refractivity contribution in [3.8, 4) is 0 Å². The van der Waals surface area contributed by atoms with Gasteiger partial charge in [0.05, 0.1) is 5.92 Å². The molecule has 1 unspecified atom stereocenters. The predicted molar refractivity (Wildman–Crippen MR) is 73.9 cm³/mol. The standard InChI is InChI=1S/C15H21NO4/c1-2-10-19-15(18)16-9-5-6-12(11-16)14(17)20-13-7-3-4-8-13/h2,7,12H,1,3-6,8-11H2. The number of ether oxygens (including phenoxy) is 2. The van der Waals surface area contributed by atoms with Gasteiger partial charge in [-0.1, -0.05) is 12.7 Å². The molecule has 1 saturated heterocycles. The minimum Gasteiger partial charge on any atom is -0.445 e. The molecule has 0 N–H and O–H groups in total. The number of rotatable bonds is 4. The summed E-state index contributed by atoms with van der Waals surface area (Å²) in [4.78, 5) is 25.4. The number of allylic oxidation sites excluding steroid dienone is 2. The van der Waals surface area contributed by atoms with Gasteiger partial charge in [0.2, 0.25) is 0 Å². The van der Waals surface area contributed by atoms with Gasteiger partial charge in [-0.05, 0) is 31.8 Å². The Hall–Kier alpha value is -1.78. The maximum Gasteiger partial charge on any atom is 0.410 e. The van der Waals surface area contributed by atoms with Crippen LogP contribution in [0.25, 0.3) is 0 Å². The fraction of sp³-hybridized carbons (Fsp3) is 0.600. The molecule has 1 atom stereocenters. The normalized spacial score (nSPS) is 22.1. The van der Waals surface area contributed by atoms with Gasteiger partial charge in [0.1, 0.15) is 12.4 Å². The number of nitrogens with zero attached hydrogens (tertiary/aromatic N) is 1. The molecule has 20 heavy (non-hydrogen) atoms. The van der Waals surface area contributed by atoms with E-state index in [9.17, 15) is 9.59 Å². The van der Waals surface area contributed by atoms with Crippen LogP contribution in [0.2, 0.25) is 0 Å². The Bertz CT molecular complexity index is 416. The van der Waals surface area contributed by atoms with Gasteiger partial charge >= 0.3 is 12.1 Å². The fourth-order valence-electron chi connectivity index (χ4n) is 2.50. The lowest BCUT2D eigenvalue weighted by molar-refractivity contribution is -0.145. The van der Waals surface area contributed by atoms with Gasteiger partial charge in [-0.15, -0.1) is 0 Å². The van der Waals surface area contributed by atoms with Crippen molar-refractivity contribution in [1.29, 1.82) is 0 Å². The quantitative estimate of drug-likeness (QED) is 0.586. The molecule has 2 rings (SSSR count). The average molecular weight is 279 g/mol. The molecule has 5 heteroatoms. The maximum absolute atomic E-state index is 12.1. The van der Waals surface area contributed by atoms with Crippen LogP contribution >= 0.6 is 0 Å². The van der Waals surface area contributed by atoms with E-state index in [0.29, 0.717) is 13.1 Å². The molecule has 0 aromatic rings. The molecule has 1 heterocycles. The topological polar surface area (TPSA) is 55.8 Å². The van der Waals surface area contributed by atoms with Crippen LogP contribution in [-0.4, -0.2) is 36.7 Å². The SMILES string of the molecule is C=CCOC(=O)N1CCCC(C(=O)OC2=CCCC2)C1. The van der Waals surface area contributed by atoms with E-state index in [0.717, 1.165) is 37.9 Å². The third-order valence-electron chi connectivity index (χ3n) is 3.57. The van der Waals surface area contributed by atoms with Gasteiger partial charge in [-0.3, -0.25) is 4.79 Å². The molecule has 2 aliphatic rings. The summed E-state index contributed by atoms with van der Waals surface area (Å²) in [6.07, 6.45) is 7.53. The van der Waals surface area contributed by atoms with Gasteiger partial charge in [0.15, 0.2) is 0 Å². The Morgan fingerprint density at radius 3 is 3.00 bits per heavy atom. The van der Waals surface area contributed by atoms with Crippen LogP contribution in [0.3, 0.4) is 0 Å². The second-order valence-electron chi connectivity index (χ2n) is 5.13. The van der Waals surface area contributed by atoms with E-state index in [2.05, 4.69) is 6.58 Å². The van der Waals surface area contributed by atoms with Gasteiger partial charge in [0, 0.05) is 19.5 Å². The number of likely N-dealkylation sites (tertiary alicyclic amines) is 1. The molecular formula is C15H21NO4. The largest absolute Gasteiger partial charge is 0.445 e. The molecule has 110 valence electrons. The van der Waals surface area contributed by atoms with E-state index in [-0.39, 0.29) is 24.6 Å². The summed E-state index contributed by atoms with van der Waals surface area (Å²) < 4.78 is 10.4. The maximum atomic E-state index is 12.1. The second-order valence-corrected chi connectivity index (χ2v) is 5.13. The highest BCUT2D eigenvalue weighted by Crippen LogP contribution is 2.23. The van der Waals surface area contributed by atoms with Crippen molar-refractivity contribution < 1.29 is 19.1 Å². The highest BCUT2D eigenvalue weighted by Gasteiger charge is 2.30. The van der Waals surface area contributed by atoms with Crippen molar-refractivity contribution in [1.82, 2.24) is 4.90 Å². The summed E-state index contributed by atoms with van der Waals surface area (Å²) in [6, 6.07) is 0. The fourth-order valence-corrected chi connectivity index (χ4v) is 2.50. The number of amides is 1. The molecule has 0 saturated carbocycles. The van der Waals surface area contributed by atoms with E-state index in [4.69, 9.17) is 9.47 Å². The monoisotopic (exact) mass is 279 g/mol. The van der Waals surface area contributed by atoms with E-state index >= 15 is 0 Å². The van der Waals surface area contributed by atoms with Crippen LogP contribution in [0.4, 0.5) is 4.79 Å². The number of piperidine rings is 1. The number of carbonyl (C=O) groups is 2. The Labute approximate surface area is 119 Å². The summed E-state index contributed by atoms with van der Waals surface area (Å²) in [5.74, 6) is 0.308. The summed E-state index contributed by atoms with van der Waals surface area (Å²) in [6.45, 7) is 4.70. The zero-order chi connectivity index (χ0) is 14.4. The first-order valence-corrected chi connectivity index (χ1v) is 7.14. The molecule has 1 aliphatic carbocycles. The molecule has 1 amide bonds. The van der Waals surface area contributed by atoms with Crippen molar-refractivity contribution in [3.63, 3.8) is 0 Å². The van der Waals surface area contributed by atoms with E-state index in [1.165, 1.54) is 6.08 Å². The zero-order valence-corrected chi connectivity index (χ0v) is 11.7. The van der Waals surface area contributed by atoms with Crippen LogP contribution in [-0.2, 0) is 14.3 Å². The van der Waals surface area contributed by atoms with Gasteiger partial charge in [-0.2, -0.15) is 0 Å². The van der Waals surface area contributed by atoms with Gasteiger partial charge < -0.3 is 14.4 Å². The van der Waals surface area contributed by atoms with Crippen LogP contribution in [0.5, 0.6) is 0 Å². The summed E-state index contributed by atoms with van der Waals surface area (Å²) >= 11 is 0. The molecule has 1 fully saturated rings. The molecule has 0 aromatic carbocycles. The second kappa shape index (κ2) is 7.12. The van der Waals surface area contributed by atoms with Crippen LogP contribution in [0.1, 0.15) is 32.1 Å². The number of hydrogen-bond acceptors (Lipinski definition) is 4. The minimum atomic E-state index is -0.387. The van der Waals surface area contributed by atoms with Crippen LogP contribution < -0.4 is 0 Å². The highest BCUT2D eigenvalue weighted by molar-refractivity contribution is 5.75. The Kier molecular flexibility index (Phi) is 5.21. The van der Waals surface area contributed by atoms with Crippen molar-refractivity contribution in [2.45, 2.75) is 32.1 Å². The van der Waals surface area contributed by atoms with Crippen molar-refractivity contribution >= 4 is 12.1 Å². The zero-order valence-electron chi connectivity index (χ0n) is 11.7. The van der Waals surface area contributed by atoms with Crippen LogP contribution in [0, 0.1) is 5.92 Å². The van der Waals surface area contributed by atoms with Crippen molar-refractivity contribution in [2.24, 2.45) is 5.92 Å². The van der Waals surface area contributed by atoms with E-state index in [1.807, 2.05) is 6.08 Å². The predicted octanol–water partition coefficient (Wildman–Crippen LogP) is 2.63. The summed E-state index contributed by atoms with van der Waals surface area (Å²) in [7, 11) is 0. The third-order valence-corrected chi connectivity index (χ3v) is 3.57. The first-order valence-electron chi connectivity index (χ1n) is 7.14.